The van der Waals surface area contributed by atoms with Crippen molar-refractivity contribution in [1.29, 1.82) is 0 Å². The molecule has 1 saturated carbocycles. The van der Waals surface area contributed by atoms with Crippen LogP contribution in [0, 0.1) is 0 Å². The van der Waals surface area contributed by atoms with Gasteiger partial charge in [0.1, 0.15) is 11.4 Å². The fourth-order valence-corrected chi connectivity index (χ4v) is 4.26. The van der Waals surface area contributed by atoms with Gasteiger partial charge in [0.25, 0.3) is 0 Å². The number of nitrogens with one attached hydrogen (secondary N) is 1. The average Bonchev–Trinajstić information content (AvgIpc) is 2.90. The smallest absolute Gasteiger partial charge is 0.354 e. The Kier molecular flexibility index (Phi) is 4.48. The summed E-state index contributed by atoms with van der Waals surface area (Å²) in [5.41, 5.74) is 0.251. The Morgan fingerprint density at radius 3 is 2.63 bits per heavy atom. The second-order valence-corrected chi connectivity index (χ2v) is 7.67. The number of aromatic nitrogens is 1. The van der Waals surface area contributed by atoms with Crippen LogP contribution < -0.4 is 10.1 Å². The van der Waals surface area contributed by atoms with Crippen molar-refractivity contribution < 1.29 is 19.4 Å². The number of carboxylic acids is 1. The van der Waals surface area contributed by atoms with Crippen LogP contribution in [0.25, 0.3) is 0 Å². The number of halogens is 2. The zero-order chi connectivity index (χ0) is 19.2. The molecular formula is C19H16Cl2N2O4. The molecule has 1 spiro atoms. The molecule has 8 heteroatoms. The summed E-state index contributed by atoms with van der Waals surface area (Å²) in [5, 5.41) is 13.0. The van der Waals surface area contributed by atoms with Crippen LogP contribution in [0.15, 0.2) is 30.3 Å². The van der Waals surface area contributed by atoms with Gasteiger partial charge in [0.05, 0.1) is 27.9 Å². The van der Waals surface area contributed by atoms with Gasteiger partial charge in [-0.15, -0.1) is 0 Å². The molecule has 6 nitrogen and oxygen atoms in total. The molecule has 2 aliphatic rings. The lowest BCUT2D eigenvalue weighted by molar-refractivity contribution is -0.122. The van der Waals surface area contributed by atoms with E-state index < -0.39 is 11.4 Å². The number of hydrogen-bond acceptors (Lipinski definition) is 4. The maximum absolute atomic E-state index is 12.7. The van der Waals surface area contributed by atoms with Gasteiger partial charge in [-0.25, -0.2) is 9.78 Å². The number of ether oxygens (including phenoxy) is 1. The number of hydrogen-bond donors (Lipinski definition) is 2. The van der Waals surface area contributed by atoms with Gasteiger partial charge < -0.3 is 15.2 Å². The lowest BCUT2D eigenvalue weighted by Crippen LogP contribution is -2.41. The summed E-state index contributed by atoms with van der Waals surface area (Å²) in [6.45, 7) is 0. The molecule has 1 aromatic heterocycles. The predicted octanol–water partition coefficient (Wildman–Crippen LogP) is 4.30. The number of rotatable bonds is 3. The van der Waals surface area contributed by atoms with E-state index in [1.807, 2.05) is 0 Å². The maximum atomic E-state index is 12.7. The quantitative estimate of drug-likeness (QED) is 0.792. The molecular weight excluding hydrogens is 391 g/mol. The largest absolute Gasteiger partial charge is 0.489 e. The summed E-state index contributed by atoms with van der Waals surface area (Å²) in [7, 11) is 0. The number of fused-ring (bicyclic) bond motifs is 2. The van der Waals surface area contributed by atoms with Crippen molar-refractivity contribution in [2.24, 2.45) is 0 Å². The molecule has 0 radical (unpaired) electrons. The third kappa shape index (κ3) is 3.13. The van der Waals surface area contributed by atoms with Crippen LogP contribution in [-0.2, 0) is 10.2 Å². The van der Waals surface area contributed by atoms with Crippen molar-refractivity contribution in [1.82, 2.24) is 4.98 Å². The standard InChI is InChI=1S/C19H16Cl2N2O4/c20-10-1-4-15(12(21)9-10)27-11-5-7-19(8-6-11)16-13(23-18(19)26)2-3-14(22-16)17(24)25/h1-4,9,11H,5-8H2,(H,23,26)(H,24,25)/t11-,19-. The molecule has 0 saturated heterocycles. The van der Waals surface area contributed by atoms with E-state index in [2.05, 4.69) is 10.3 Å². The van der Waals surface area contributed by atoms with Crippen LogP contribution in [0.4, 0.5) is 5.69 Å². The number of benzene rings is 1. The Bertz CT molecular complexity index is 939. The first kappa shape index (κ1) is 18.1. The highest BCUT2D eigenvalue weighted by molar-refractivity contribution is 6.35. The first-order valence-electron chi connectivity index (χ1n) is 8.57. The molecule has 1 amide bonds. The maximum Gasteiger partial charge on any atom is 0.354 e. The fraction of sp³-hybridized carbons (Fsp3) is 0.316. The number of carbonyl (C=O) groups excluding carboxylic acids is 1. The van der Waals surface area contributed by atoms with Crippen molar-refractivity contribution in [3.05, 3.63) is 51.8 Å². The van der Waals surface area contributed by atoms with Crippen LogP contribution in [-0.4, -0.2) is 28.1 Å². The Labute approximate surface area is 165 Å². The van der Waals surface area contributed by atoms with E-state index in [4.69, 9.17) is 27.9 Å². The van der Waals surface area contributed by atoms with E-state index in [-0.39, 0.29) is 17.7 Å². The number of pyridine rings is 1. The Morgan fingerprint density at radius 1 is 1.22 bits per heavy atom. The molecule has 2 aromatic rings. The lowest BCUT2D eigenvalue weighted by Gasteiger charge is -2.35. The van der Waals surface area contributed by atoms with Gasteiger partial charge in [-0.3, -0.25) is 4.79 Å². The van der Waals surface area contributed by atoms with Gasteiger partial charge in [0.15, 0.2) is 0 Å². The summed E-state index contributed by atoms with van der Waals surface area (Å²) < 4.78 is 5.99. The van der Waals surface area contributed by atoms with Crippen LogP contribution in [0.3, 0.4) is 0 Å². The monoisotopic (exact) mass is 406 g/mol. The highest BCUT2D eigenvalue weighted by Crippen LogP contribution is 2.47. The van der Waals surface area contributed by atoms with Gasteiger partial charge in [0, 0.05) is 5.02 Å². The molecule has 0 unspecified atom stereocenters. The van der Waals surface area contributed by atoms with E-state index in [1.165, 1.54) is 6.07 Å². The molecule has 2 N–H and O–H groups in total. The van der Waals surface area contributed by atoms with Gasteiger partial charge in [0.2, 0.25) is 5.91 Å². The van der Waals surface area contributed by atoms with E-state index in [0.717, 1.165) is 0 Å². The second-order valence-electron chi connectivity index (χ2n) is 6.83. The number of nitrogens with zero attached hydrogens (tertiary/aromatic N) is 1. The molecule has 1 aliphatic carbocycles. The summed E-state index contributed by atoms with van der Waals surface area (Å²) >= 11 is 12.1. The first-order chi connectivity index (χ1) is 12.9. The molecule has 140 valence electrons. The van der Waals surface area contributed by atoms with Crippen molar-refractivity contribution in [3.63, 3.8) is 0 Å². The summed E-state index contributed by atoms with van der Waals surface area (Å²) in [6, 6.07) is 8.07. The fourth-order valence-electron chi connectivity index (χ4n) is 3.81. The van der Waals surface area contributed by atoms with Crippen LogP contribution in [0.1, 0.15) is 41.9 Å². The minimum Gasteiger partial charge on any atom is -0.489 e. The van der Waals surface area contributed by atoms with Crippen LogP contribution >= 0.6 is 23.2 Å². The first-order valence-corrected chi connectivity index (χ1v) is 9.33. The topological polar surface area (TPSA) is 88.5 Å². The number of carbonyl (C=O) groups is 2. The summed E-state index contributed by atoms with van der Waals surface area (Å²) in [5.74, 6) is -0.679. The highest BCUT2D eigenvalue weighted by Gasteiger charge is 2.50. The van der Waals surface area contributed by atoms with Crippen molar-refractivity contribution in [3.8, 4) is 5.75 Å². The molecule has 4 rings (SSSR count). The number of anilines is 1. The molecule has 1 aromatic carbocycles. The minimum absolute atomic E-state index is 0.0593. The van der Waals surface area contributed by atoms with Crippen molar-refractivity contribution >= 4 is 40.8 Å². The van der Waals surface area contributed by atoms with Gasteiger partial charge in [-0.1, -0.05) is 23.2 Å². The third-order valence-electron chi connectivity index (χ3n) is 5.22. The van der Waals surface area contributed by atoms with Gasteiger partial charge >= 0.3 is 5.97 Å². The number of carboxylic acid groups (broad SMARTS) is 1. The number of aromatic carboxylic acids is 1. The zero-order valence-electron chi connectivity index (χ0n) is 14.2. The minimum atomic E-state index is -1.11. The number of amides is 1. The van der Waals surface area contributed by atoms with Gasteiger partial charge in [-0.05, 0) is 56.0 Å². The van der Waals surface area contributed by atoms with Crippen molar-refractivity contribution in [2.45, 2.75) is 37.2 Å². The molecule has 2 heterocycles. The Balaban J connectivity index is 1.54. The normalized spacial score (nSPS) is 23.8. The van der Waals surface area contributed by atoms with E-state index in [0.29, 0.717) is 52.9 Å². The summed E-state index contributed by atoms with van der Waals surface area (Å²) in [6.07, 6.45) is 2.22. The predicted molar refractivity (Wildman–Crippen MR) is 101 cm³/mol. The van der Waals surface area contributed by atoms with E-state index in [9.17, 15) is 14.7 Å². The summed E-state index contributed by atoms with van der Waals surface area (Å²) in [4.78, 5) is 28.2. The Morgan fingerprint density at radius 2 is 1.96 bits per heavy atom. The molecule has 0 bridgehead atoms. The zero-order valence-corrected chi connectivity index (χ0v) is 15.7. The van der Waals surface area contributed by atoms with Crippen molar-refractivity contribution in [2.75, 3.05) is 5.32 Å². The Hall–Kier alpha value is -2.31. The van der Waals surface area contributed by atoms with Crippen LogP contribution in [0.5, 0.6) is 5.75 Å². The third-order valence-corrected chi connectivity index (χ3v) is 5.75. The van der Waals surface area contributed by atoms with E-state index in [1.54, 1.807) is 24.3 Å². The average molecular weight is 407 g/mol. The SMILES string of the molecule is O=C(O)c1ccc2c(n1)[C@]1(CC[C@@H](Oc3ccc(Cl)cc3Cl)CC1)C(=O)N2. The molecule has 1 aliphatic heterocycles. The highest BCUT2D eigenvalue weighted by atomic mass is 35.5. The van der Waals surface area contributed by atoms with Gasteiger partial charge in [-0.2, -0.15) is 0 Å². The van der Waals surface area contributed by atoms with E-state index >= 15 is 0 Å². The molecule has 27 heavy (non-hydrogen) atoms. The second kappa shape index (κ2) is 6.69. The molecule has 1 fully saturated rings. The molecule has 0 atom stereocenters. The lowest BCUT2D eigenvalue weighted by atomic mass is 9.71. The van der Waals surface area contributed by atoms with Crippen LogP contribution in [0.2, 0.25) is 10.0 Å².